The molecule has 1 aliphatic carbocycles. The second kappa shape index (κ2) is 7.58. The Morgan fingerprint density at radius 2 is 1.73 bits per heavy atom. The minimum Gasteiger partial charge on any atom is -0.506 e. The molecular formula is C21H19N3O6. The maximum atomic E-state index is 12.9. The number of carbonyl (C=O) groups is 3. The van der Waals surface area contributed by atoms with E-state index in [0.29, 0.717) is 0 Å². The lowest BCUT2D eigenvalue weighted by molar-refractivity contribution is -0.384. The number of fused-ring (bicyclic) bond motifs is 1. The molecule has 154 valence electrons. The zero-order valence-electron chi connectivity index (χ0n) is 16.0. The van der Waals surface area contributed by atoms with Gasteiger partial charge in [-0.3, -0.25) is 29.4 Å². The summed E-state index contributed by atoms with van der Waals surface area (Å²) in [5.74, 6) is -1.74. The molecule has 1 heterocycles. The van der Waals surface area contributed by atoms with Crippen LogP contribution in [-0.2, 0) is 0 Å². The van der Waals surface area contributed by atoms with Crippen molar-refractivity contribution in [3.05, 3.63) is 63.2 Å². The molecule has 1 saturated carbocycles. The minimum atomic E-state index is -0.662. The standard InChI is InChI=1S/C21H19N3O6/c25-18-9-7-14(24(29)30)11-17(18)22-19(26)12-6-8-15-16(10-12)21(28)23(20(15)27)13-4-2-1-3-5-13/h6-11,13,25H,1-5H2,(H,22,26). The number of phenolic OH excluding ortho intramolecular Hbond substituents is 1. The molecule has 3 amide bonds. The van der Waals surface area contributed by atoms with E-state index in [1.807, 2.05) is 0 Å². The Hall–Kier alpha value is -3.75. The number of nitrogens with one attached hydrogen (secondary N) is 1. The average Bonchev–Trinajstić information content (AvgIpc) is 2.99. The van der Waals surface area contributed by atoms with Crippen molar-refractivity contribution in [2.24, 2.45) is 0 Å². The van der Waals surface area contributed by atoms with E-state index < -0.39 is 16.7 Å². The third-order valence-corrected chi connectivity index (χ3v) is 5.56. The zero-order chi connectivity index (χ0) is 21.4. The largest absolute Gasteiger partial charge is 0.506 e. The highest BCUT2D eigenvalue weighted by atomic mass is 16.6. The molecule has 9 nitrogen and oxygen atoms in total. The van der Waals surface area contributed by atoms with Gasteiger partial charge in [0.1, 0.15) is 5.75 Å². The van der Waals surface area contributed by atoms with Crippen molar-refractivity contribution in [2.75, 3.05) is 5.32 Å². The Kier molecular flexibility index (Phi) is 4.94. The van der Waals surface area contributed by atoms with Crippen LogP contribution in [0.5, 0.6) is 5.75 Å². The summed E-state index contributed by atoms with van der Waals surface area (Å²) in [6.07, 6.45) is 4.60. The van der Waals surface area contributed by atoms with Gasteiger partial charge in [0.2, 0.25) is 0 Å². The van der Waals surface area contributed by atoms with Crippen molar-refractivity contribution >= 4 is 29.1 Å². The summed E-state index contributed by atoms with van der Waals surface area (Å²) < 4.78 is 0. The van der Waals surface area contributed by atoms with Crippen LogP contribution in [0, 0.1) is 10.1 Å². The van der Waals surface area contributed by atoms with E-state index in [1.165, 1.54) is 23.1 Å². The fraction of sp³-hybridized carbons (Fsp3) is 0.286. The average molecular weight is 409 g/mol. The Bertz CT molecular complexity index is 1070. The molecular weight excluding hydrogens is 390 g/mol. The van der Waals surface area contributed by atoms with Crippen molar-refractivity contribution in [3.63, 3.8) is 0 Å². The van der Waals surface area contributed by atoms with Crippen LogP contribution in [0.15, 0.2) is 36.4 Å². The normalized spacial score (nSPS) is 16.5. The summed E-state index contributed by atoms with van der Waals surface area (Å²) in [4.78, 5) is 49.8. The third-order valence-electron chi connectivity index (χ3n) is 5.56. The first kappa shape index (κ1) is 19.6. The number of hydrogen-bond acceptors (Lipinski definition) is 6. The van der Waals surface area contributed by atoms with Crippen LogP contribution in [0.1, 0.15) is 63.2 Å². The van der Waals surface area contributed by atoms with Gasteiger partial charge in [-0.05, 0) is 37.1 Å². The van der Waals surface area contributed by atoms with Crippen LogP contribution in [0.4, 0.5) is 11.4 Å². The van der Waals surface area contributed by atoms with E-state index in [1.54, 1.807) is 0 Å². The molecule has 0 saturated heterocycles. The maximum Gasteiger partial charge on any atom is 0.271 e. The molecule has 0 aromatic heterocycles. The molecule has 0 unspecified atom stereocenters. The van der Waals surface area contributed by atoms with E-state index in [2.05, 4.69) is 5.32 Å². The van der Waals surface area contributed by atoms with Gasteiger partial charge in [0.25, 0.3) is 23.4 Å². The lowest BCUT2D eigenvalue weighted by atomic mass is 9.94. The number of nitrogens with zero attached hydrogens (tertiary/aromatic N) is 2. The number of aromatic hydroxyl groups is 1. The van der Waals surface area contributed by atoms with Crippen LogP contribution in [-0.4, -0.2) is 38.7 Å². The highest BCUT2D eigenvalue weighted by molar-refractivity contribution is 6.22. The smallest absolute Gasteiger partial charge is 0.271 e. The molecule has 0 bridgehead atoms. The lowest BCUT2D eigenvalue weighted by Gasteiger charge is -2.29. The number of nitro groups is 1. The number of anilines is 1. The quantitative estimate of drug-likeness (QED) is 0.344. The predicted molar refractivity (Wildman–Crippen MR) is 107 cm³/mol. The van der Waals surface area contributed by atoms with Gasteiger partial charge in [0.05, 0.1) is 21.7 Å². The fourth-order valence-electron chi connectivity index (χ4n) is 4.00. The van der Waals surface area contributed by atoms with Crippen LogP contribution in [0.3, 0.4) is 0 Å². The van der Waals surface area contributed by atoms with Crippen molar-refractivity contribution < 1.29 is 24.4 Å². The molecule has 2 aliphatic rings. The molecule has 4 rings (SSSR count). The van der Waals surface area contributed by atoms with Gasteiger partial charge < -0.3 is 10.4 Å². The monoisotopic (exact) mass is 409 g/mol. The molecule has 2 N–H and O–H groups in total. The van der Waals surface area contributed by atoms with Gasteiger partial charge in [-0.15, -0.1) is 0 Å². The first-order valence-corrected chi connectivity index (χ1v) is 9.67. The number of rotatable bonds is 4. The van der Waals surface area contributed by atoms with Gasteiger partial charge >= 0.3 is 0 Å². The van der Waals surface area contributed by atoms with Crippen LogP contribution >= 0.6 is 0 Å². The predicted octanol–water partition coefficient (Wildman–Crippen LogP) is 3.48. The summed E-state index contributed by atoms with van der Waals surface area (Å²) in [6, 6.07) is 7.36. The Morgan fingerprint density at radius 3 is 2.43 bits per heavy atom. The van der Waals surface area contributed by atoms with Crippen LogP contribution in [0.2, 0.25) is 0 Å². The van der Waals surface area contributed by atoms with Gasteiger partial charge in [0.15, 0.2) is 0 Å². The molecule has 0 radical (unpaired) electrons. The van der Waals surface area contributed by atoms with Gasteiger partial charge in [-0.2, -0.15) is 0 Å². The summed E-state index contributed by atoms with van der Waals surface area (Å²) in [7, 11) is 0. The number of amides is 3. The minimum absolute atomic E-state index is 0.103. The third kappa shape index (κ3) is 3.38. The Labute approximate surface area is 171 Å². The summed E-state index contributed by atoms with van der Waals surface area (Å²) >= 11 is 0. The Morgan fingerprint density at radius 1 is 1.03 bits per heavy atom. The van der Waals surface area contributed by atoms with E-state index >= 15 is 0 Å². The summed E-state index contributed by atoms with van der Waals surface area (Å²) in [6.45, 7) is 0. The molecule has 0 atom stereocenters. The van der Waals surface area contributed by atoms with Crippen molar-refractivity contribution in [1.82, 2.24) is 4.90 Å². The molecule has 9 heteroatoms. The highest BCUT2D eigenvalue weighted by Crippen LogP contribution is 2.32. The number of hydrogen-bond donors (Lipinski definition) is 2. The Balaban J connectivity index is 1.58. The molecule has 1 aliphatic heterocycles. The van der Waals surface area contributed by atoms with Crippen molar-refractivity contribution in [3.8, 4) is 5.75 Å². The topological polar surface area (TPSA) is 130 Å². The highest BCUT2D eigenvalue weighted by Gasteiger charge is 2.40. The van der Waals surface area contributed by atoms with Gasteiger partial charge in [0, 0.05) is 23.7 Å². The molecule has 0 spiro atoms. The molecule has 30 heavy (non-hydrogen) atoms. The van der Waals surface area contributed by atoms with Gasteiger partial charge in [-0.1, -0.05) is 19.3 Å². The fourth-order valence-corrected chi connectivity index (χ4v) is 4.00. The number of carbonyl (C=O) groups excluding carboxylic acids is 3. The molecule has 1 fully saturated rings. The second-order valence-electron chi connectivity index (χ2n) is 7.45. The number of phenols is 1. The van der Waals surface area contributed by atoms with Crippen molar-refractivity contribution in [1.29, 1.82) is 0 Å². The van der Waals surface area contributed by atoms with E-state index in [0.717, 1.165) is 50.3 Å². The summed E-state index contributed by atoms with van der Waals surface area (Å²) in [5, 5.41) is 23.2. The second-order valence-corrected chi connectivity index (χ2v) is 7.45. The first-order chi connectivity index (χ1) is 14.4. The number of nitro benzene ring substituents is 1. The van der Waals surface area contributed by atoms with E-state index in [4.69, 9.17) is 0 Å². The van der Waals surface area contributed by atoms with Crippen LogP contribution < -0.4 is 5.32 Å². The van der Waals surface area contributed by atoms with Gasteiger partial charge in [-0.25, -0.2) is 0 Å². The van der Waals surface area contributed by atoms with Crippen molar-refractivity contribution in [2.45, 2.75) is 38.1 Å². The number of benzene rings is 2. The summed E-state index contributed by atoms with van der Waals surface area (Å²) in [5.41, 5.74) is 0.120. The number of imide groups is 1. The maximum absolute atomic E-state index is 12.9. The molecule has 2 aromatic rings. The zero-order valence-corrected chi connectivity index (χ0v) is 16.0. The lowest BCUT2D eigenvalue weighted by Crippen LogP contribution is -2.40. The SMILES string of the molecule is O=C(Nc1cc([N+](=O)[O-])ccc1O)c1ccc2c(c1)C(=O)N(C1CCCCC1)C2=O. The number of non-ortho nitro benzene ring substituents is 1. The van der Waals surface area contributed by atoms with E-state index in [-0.39, 0.29) is 45.8 Å². The first-order valence-electron chi connectivity index (χ1n) is 9.67. The van der Waals surface area contributed by atoms with Crippen LogP contribution in [0.25, 0.3) is 0 Å². The molecule has 2 aromatic carbocycles. The van der Waals surface area contributed by atoms with E-state index in [9.17, 15) is 29.6 Å².